The number of esters is 1. The molecule has 4 nitrogen and oxygen atoms in total. The summed E-state index contributed by atoms with van der Waals surface area (Å²) >= 11 is 0. The van der Waals surface area contributed by atoms with Crippen LogP contribution in [0.4, 0.5) is 0 Å². The Balaban J connectivity index is 2.33. The van der Waals surface area contributed by atoms with Gasteiger partial charge < -0.3 is 9.84 Å². The molecule has 0 spiro atoms. The van der Waals surface area contributed by atoms with Crippen molar-refractivity contribution in [3.8, 4) is 0 Å². The number of hydrogen-bond acceptors (Lipinski definition) is 4. The number of rotatable bonds is 13. The van der Waals surface area contributed by atoms with E-state index >= 15 is 0 Å². The van der Waals surface area contributed by atoms with Crippen molar-refractivity contribution in [2.75, 3.05) is 6.61 Å². The number of carbonyl (C=O) groups excluding carboxylic acids is 2. The van der Waals surface area contributed by atoms with Gasteiger partial charge in [0, 0.05) is 18.8 Å². The highest BCUT2D eigenvalue weighted by Crippen LogP contribution is 2.33. The second-order valence-corrected chi connectivity index (χ2v) is 7.13. The van der Waals surface area contributed by atoms with Crippen molar-refractivity contribution < 1.29 is 19.4 Å². The molecule has 148 valence electrons. The molecule has 1 saturated carbocycles. The van der Waals surface area contributed by atoms with Crippen molar-refractivity contribution in [2.24, 2.45) is 11.8 Å². The summed E-state index contributed by atoms with van der Waals surface area (Å²) in [5, 5.41) is 10.0. The van der Waals surface area contributed by atoms with Gasteiger partial charge in [-0.15, -0.1) is 0 Å². The molecule has 0 aliphatic heterocycles. The summed E-state index contributed by atoms with van der Waals surface area (Å²) in [5.41, 5.74) is 0. The van der Waals surface area contributed by atoms with Gasteiger partial charge in [0.15, 0.2) is 0 Å². The lowest BCUT2D eigenvalue weighted by molar-refractivity contribution is -0.143. The molecule has 1 aliphatic carbocycles. The molecule has 1 aliphatic rings. The molecule has 3 atom stereocenters. The van der Waals surface area contributed by atoms with Crippen LogP contribution in [0, 0.1) is 11.8 Å². The van der Waals surface area contributed by atoms with Gasteiger partial charge in [-0.1, -0.05) is 50.5 Å². The number of Topliss-reactive ketones (excluding diaryl/α,β-unsaturated/α-hetero) is 1. The second kappa shape index (κ2) is 13.7. The van der Waals surface area contributed by atoms with Crippen LogP contribution in [0.2, 0.25) is 0 Å². The third-order valence-corrected chi connectivity index (χ3v) is 4.95. The smallest absolute Gasteiger partial charge is 0.305 e. The lowest BCUT2D eigenvalue weighted by Gasteiger charge is -2.13. The number of aliphatic hydroxyl groups excluding tert-OH is 1. The van der Waals surface area contributed by atoms with Gasteiger partial charge in [-0.3, -0.25) is 9.59 Å². The van der Waals surface area contributed by atoms with Gasteiger partial charge in [-0.2, -0.15) is 0 Å². The van der Waals surface area contributed by atoms with Crippen molar-refractivity contribution in [1.82, 2.24) is 0 Å². The molecule has 1 rings (SSSR count). The Morgan fingerprint density at radius 2 is 2.08 bits per heavy atom. The van der Waals surface area contributed by atoms with Crippen LogP contribution in [0.3, 0.4) is 0 Å². The lowest BCUT2D eigenvalue weighted by atomic mass is 9.91. The quantitative estimate of drug-likeness (QED) is 0.291. The van der Waals surface area contributed by atoms with Crippen molar-refractivity contribution in [3.05, 3.63) is 24.3 Å². The first-order chi connectivity index (χ1) is 12.6. The van der Waals surface area contributed by atoms with Crippen LogP contribution in [0.15, 0.2) is 24.3 Å². The monoisotopic (exact) mass is 364 g/mol. The number of hydrogen-bond donors (Lipinski definition) is 1. The minimum Gasteiger partial charge on any atom is -0.466 e. The Morgan fingerprint density at radius 1 is 1.27 bits per heavy atom. The van der Waals surface area contributed by atoms with Gasteiger partial charge in [0.1, 0.15) is 5.78 Å². The number of ketones is 1. The molecule has 0 aromatic carbocycles. The summed E-state index contributed by atoms with van der Waals surface area (Å²) in [7, 11) is 0. The Kier molecular flexibility index (Phi) is 12.0. The zero-order valence-electron chi connectivity index (χ0n) is 16.5. The van der Waals surface area contributed by atoms with Crippen LogP contribution < -0.4 is 0 Å². The lowest BCUT2D eigenvalue weighted by Crippen LogP contribution is -2.13. The summed E-state index contributed by atoms with van der Waals surface area (Å²) in [6, 6.07) is 0. The van der Waals surface area contributed by atoms with Crippen LogP contribution in [-0.4, -0.2) is 29.6 Å². The Hall–Kier alpha value is -1.42. The number of aliphatic hydroxyl groups is 1. The average Bonchev–Trinajstić information content (AvgIpc) is 2.96. The molecular formula is C22H36O4. The standard InChI is InChI=1S/C22H36O4/c1-3-5-8-11-19(23)16-14-18-15-17-21(24)20(18)12-9-6-7-10-13-22(25)26-4-2/h6,9,14,16,18-20,23H,3-5,7-8,10-13,15,17H2,1-2H3/b9-6-,16-14+/t18-,19-,20+/m0/s1. The Labute approximate surface area is 158 Å². The van der Waals surface area contributed by atoms with Gasteiger partial charge in [-0.25, -0.2) is 0 Å². The topological polar surface area (TPSA) is 63.6 Å². The van der Waals surface area contributed by atoms with E-state index in [0.717, 1.165) is 51.4 Å². The van der Waals surface area contributed by atoms with Gasteiger partial charge in [-0.05, 0) is 44.9 Å². The highest BCUT2D eigenvalue weighted by molar-refractivity contribution is 5.83. The van der Waals surface area contributed by atoms with Crippen LogP contribution >= 0.6 is 0 Å². The molecule has 0 saturated heterocycles. The molecule has 0 amide bonds. The van der Waals surface area contributed by atoms with Gasteiger partial charge in [0.2, 0.25) is 0 Å². The summed E-state index contributed by atoms with van der Waals surface area (Å²) in [6.45, 7) is 4.40. The third kappa shape index (κ3) is 9.33. The fourth-order valence-corrected chi connectivity index (χ4v) is 3.40. The fraction of sp³-hybridized carbons (Fsp3) is 0.727. The zero-order chi connectivity index (χ0) is 19.2. The number of allylic oxidation sites excluding steroid dienone is 3. The molecule has 0 aromatic heterocycles. The Morgan fingerprint density at radius 3 is 2.81 bits per heavy atom. The molecule has 1 fully saturated rings. The number of ether oxygens (including phenoxy) is 1. The highest BCUT2D eigenvalue weighted by Gasteiger charge is 2.31. The molecule has 1 N–H and O–H groups in total. The van der Waals surface area contributed by atoms with Crippen LogP contribution in [0.5, 0.6) is 0 Å². The second-order valence-electron chi connectivity index (χ2n) is 7.13. The predicted molar refractivity (Wildman–Crippen MR) is 105 cm³/mol. The predicted octanol–water partition coefficient (Wildman–Crippen LogP) is 4.76. The first kappa shape index (κ1) is 22.6. The molecule has 0 unspecified atom stereocenters. The van der Waals surface area contributed by atoms with E-state index in [1.807, 2.05) is 13.0 Å². The Bertz CT molecular complexity index is 467. The average molecular weight is 365 g/mol. The summed E-state index contributed by atoms with van der Waals surface area (Å²) in [5.74, 6) is 0.466. The molecule has 0 bridgehead atoms. The van der Waals surface area contributed by atoms with Crippen molar-refractivity contribution in [2.45, 2.75) is 84.2 Å². The normalized spacial score (nSPS) is 21.7. The van der Waals surface area contributed by atoms with Crippen molar-refractivity contribution in [1.29, 1.82) is 0 Å². The molecule has 0 aromatic rings. The molecule has 0 radical (unpaired) electrons. The zero-order valence-corrected chi connectivity index (χ0v) is 16.5. The van der Waals surface area contributed by atoms with Crippen LogP contribution in [-0.2, 0) is 14.3 Å². The van der Waals surface area contributed by atoms with E-state index < -0.39 is 6.10 Å². The maximum absolute atomic E-state index is 12.1. The fourth-order valence-electron chi connectivity index (χ4n) is 3.40. The summed E-state index contributed by atoms with van der Waals surface area (Å²) in [4.78, 5) is 23.4. The first-order valence-corrected chi connectivity index (χ1v) is 10.3. The maximum atomic E-state index is 12.1. The van der Waals surface area contributed by atoms with Gasteiger partial charge >= 0.3 is 5.97 Å². The van der Waals surface area contributed by atoms with E-state index in [2.05, 4.69) is 25.2 Å². The maximum Gasteiger partial charge on any atom is 0.305 e. The molecule has 4 heteroatoms. The molecule has 0 heterocycles. The largest absolute Gasteiger partial charge is 0.466 e. The van der Waals surface area contributed by atoms with E-state index in [-0.39, 0.29) is 17.8 Å². The van der Waals surface area contributed by atoms with Crippen LogP contribution in [0.1, 0.15) is 78.1 Å². The third-order valence-electron chi connectivity index (χ3n) is 4.95. The minimum atomic E-state index is -0.392. The minimum absolute atomic E-state index is 0.0374. The molecular weight excluding hydrogens is 328 g/mol. The van der Waals surface area contributed by atoms with E-state index in [1.54, 1.807) is 0 Å². The van der Waals surface area contributed by atoms with E-state index in [1.165, 1.54) is 0 Å². The van der Waals surface area contributed by atoms with E-state index in [4.69, 9.17) is 4.74 Å². The SMILES string of the molecule is CCCCC[C@H](O)/C=C/[C@H]1CCC(=O)[C@@H]1C/C=C\CCCC(=O)OCC. The molecule has 26 heavy (non-hydrogen) atoms. The first-order valence-electron chi connectivity index (χ1n) is 10.3. The number of carbonyl (C=O) groups is 2. The van der Waals surface area contributed by atoms with Crippen LogP contribution in [0.25, 0.3) is 0 Å². The van der Waals surface area contributed by atoms with Crippen molar-refractivity contribution >= 4 is 11.8 Å². The van der Waals surface area contributed by atoms with Gasteiger partial charge in [0.05, 0.1) is 12.7 Å². The van der Waals surface area contributed by atoms with Gasteiger partial charge in [0.25, 0.3) is 0 Å². The van der Waals surface area contributed by atoms with Crippen molar-refractivity contribution in [3.63, 3.8) is 0 Å². The summed E-state index contributed by atoms with van der Waals surface area (Å²) < 4.78 is 4.90. The number of unbranched alkanes of at least 4 members (excludes halogenated alkanes) is 3. The van der Waals surface area contributed by atoms with E-state index in [0.29, 0.717) is 25.2 Å². The van der Waals surface area contributed by atoms with E-state index in [9.17, 15) is 14.7 Å². The summed E-state index contributed by atoms with van der Waals surface area (Å²) in [6.07, 6.45) is 16.2. The highest BCUT2D eigenvalue weighted by atomic mass is 16.5.